The summed E-state index contributed by atoms with van der Waals surface area (Å²) < 4.78 is -0.772. The Morgan fingerprint density at radius 3 is 2.15 bits per heavy atom. The molecule has 1 rings (SSSR count). The number of hydroxylamine groups is 1. The lowest BCUT2D eigenvalue weighted by Crippen LogP contribution is -2.28. The second-order valence-corrected chi connectivity index (χ2v) is 5.69. The smallest absolute Gasteiger partial charge is 0.268 e. The molecule has 0 amide bonds. The molecule has 0 aromatic carbocycles. The molecule has 0 aromatic rings. The van der Waals surface area contributed by atoms with Crippen molar-refractivity contribution in [3.8, 4) is 0 Å². The average Bonchev–Trinajstić information content (AvgIpc) is 2.03. The Bertz CT molecular complexity index is 194. The van der Waals surface area contributed by atoms with Crippen LogP contribution in [0.15, 0.2) is 0 Å². The molecule has 0 heterocycles. The van der Waals surface area contributed by atoms with E-state index in [1.54, 1.807) is 0 Å². The molecule has 0 aliphatic heterocycles. The molecule has 0 atom stereocenters. The fraction of sp³-hybridized carbons (Fsp3) is 0.875. The summed E-state index contributed by atoms with van der Waals surface area (Å²) in [5, 5.41) is 11.4. The Morgan fingerprint density at radius 2 is 1.69 bits per heavy atom. The molecule has 5 heteroatoms. The van der Waals surface area contributed by atoms with Gasteiger partial charge >= 0.3 is 0 Å². The van der Waals surface area contributed by atoms with Crippen LogP contribution in [0, 0.1) is 5.21 Å². The highest BCUT2D eigenvalue weighted by Gasteiger charge is 2.26. The predicted molar refractivity (Wildman–Crippen MR) is 56.9 cm³/mol. The van der Waals surface area contributed by atoms with E-state index >= 15 is 0 Å². The van der Waals surface area contributed by atoms with E-state index in [4.69, 9.17) is 34.8 Å². The van der Waals surface area contributed by atoms with Crippen LogP contribution in [0.2, 0.25) is 0 Å². The predicted octanol–water partition coefficient (Wildman–Crippen LogP) is 3.27. The molecule has 0 N–H and O–H groups in total. The van der Waals surface area contributed by atoms with Crippen LogP contribution in [0.1, 0.15) is 32.1 Å². The Morgan fingerprint density at radius 1 is 1.15 bits per heavy atom. The van der Waals surface area contributed by atoms with Gasteiger partial charge in [-0.25, -0.2) is 4.74 Å². The standard InChI is InChI=1S/C8H12Cl3NO/c9-8(10,11)6-12(13)7-4-2-1-3-5-7/h6-7H,1-5H2. The van der Waals surface area contributed by atoms with Crippen molar-refractivity contribution in [2.24, 2.45) is 0 Å². The molecule has 1 saturated carbocycles. The molecular weight excluding hydrogens is 232 g/mol. The van der Waals surface area contributed by atoms with E-state index in [9.17, 15) is 5.21 Å². The Balaban J connectivity index is 2.54. The van der Waals surface area contributed by atoms with Crippen molar-refractivity contribution in [2.75, 3.05) is 0 Å². The quantitative estimate of drug-likeness (QED) is 0.229. The summed E-state index contributed by atoms with van der Waals surface area (Å²) in [6.07, 6.45) is 6.32. The van der Waals surface area contributed by atoms with Crippen molar-refractivity contribution < 1.29 is 4.74 Å². The lowest BCUT2D eigenvalue weighted by Gasteiger charge is -2.21. The van der Waals surface area contributed by atoms with Gasteiger partial charge < -0.3 is 5.21 Å². The van der Waals surface area contributed by atoms with E-state index in [2.05, 4.69) is 0 Å². The summed E-state index contributed by atoms with van der Waals surface area (Å²) >= 11 is 16.4. The van der Waals surface area contributed by atoms with Crippen molar-refractivity contribution in [3.05, 3.63) is 5.21 Å². The summed E-state index contributed by atoms with van der Waals surface area (Å²) in [5.74, 6) is 0. The molecule has 76 valence electrons. The van der Waals surface area contributed by atoms with E-state index in [0.717, 1.165) is 36.6 Å². The first kappa shape index (κ1) is 11.4. The topological polar surface area (TPSA) is 26.1 Å². The van der Waals surface area contributed by atoms with Gasteiger partial charge in [0.2, 0.25) is 6.21 Å². The SMILES string of the molecule is [O-][N+](=CC(Cl)(Cl)Cl)C1CCCCC1. The largest absolute Gasteiger partial charge is 0.624 e. The molecule has 0 unspecified atom stereocenters. The van der Waals surface area contributed by atoms with E-state index < -0.39 is 3.79 Å². The van der Waals surface area contributed by atoms with Crippen LogP contribution < -0.4 is 0 Å². The first-order valence-electron chi connectivity index (χ1n) is 4.37. The van der Waals surface area contributed by atoms with Gasteiger partial charge in [0.25, 0.3) is 3.79 Å². The van der Waals surface area contributed by atoms with E-state index in [1.165, 1.54) is 6.42 Å². The molecule has 1 aliphatic rings. The van der Waals surface area contributed by atoms with Gasteiger partial charge in [-0.15, -0.1) is 0 Å². The van der Waals surface area contributed by atoms with Crippen molar-refractivity contribution in [1.29, 1.82) is 0 Å². The summed E-state index contributed by atoms with van der Waals surface area (Å²) in [6, 6.07) is 0.00405. The molecular formula is C8H12Cl3NO. The second kappa shape index (κ2) is 4.72. The highest BCUT2D eigenvalue weighted by atomic mass is 35.6. The summed E-state index contributed by atoms with van der Waals surface area (Å²) in [5.41, 5.74) is 0. The molecule has 1 fully saturated rings. The zero-order chi connectivity index (χ0) is 9.90. The van der Waals surface area contributed by atoms with Gasteiger partial charge in [-0.1, -0.05) is 41.2 Å². The molecule has 13 heavy (non-hydrogen) atoms. The van der Waals surface area contributed by atoms with Gasteiger partial charge in [0.15, 0.2) is 6.04 Å². The maximum absolute atomic E-state index is 11.4. The first-order valence-corrected chi connectivity index (χ1v) is 5.50. The molecule has 2 nitrogen and oxygen atoms in total. The van der Waals surface area contributed by atoms with E-state index in [0.29, 0.717) is 0 Å². The first-order chi connectivity index (χ1) is 5.99. The van der Waals surface area contributed by atoms with Crippen LogP contribution in [0.25, 0.3) is 0 Å². The van der Waals surface area contributed by atoms with Crippen LogP contribution in [0.5, 0.6) is 0 Å². The summed E-state index contributed by atoms with van der Waals surface area (Å²) in [7, 11) is 0. The number of rotatable bonds is 1. The molecule has 0 aromatic heterocycles. The molecule has 0 spiro atoms. The average molecular weight is 245 g/mol. The third kappa shape index (κ3) is 4.39. The maximum atomic E-state index is 11.4. The van der Waals surface area contributed by atoms with Crippen LogP contribution in [0.4, 0.5) is 0 Å². The lowest BCUT2D eigenvalue weighted by molar-refractivity contribution is -0.502. The number of nitrogens with zero attached hydrogens (tertiary/aromatic N) is 1. The molecule has 0 saturated heterocycles. The van der Waals surface area contributed by atoms with Gasteiger partial charge in [-0.3, -0.25) is 0 Å². The van der Waals surface area contributed by atoms with Gasteiger partial charge in [0.05, 0.1) is 0 Å². The molecule has 1 aliphatic carbocycles. The Hall–Kier alpha value is 0.340. The van der Waals surface area contributed by atoms with Crippen LogP contribution in [0.3, 0.4) is 0 Å². The van der Waals surface area contributed by atoms with Crippen LogP contribution >= 0.6 is 34.8 Å². The fourth-order valence-corrected chi connectivity index (χ4v) is 1.87. The minimum atomic E-state index is -1.57. The highest BCUT2D eigenvalue weighted by molar-refractivity contribution is 6.74. The third-order valence-corrected chi connectivity index (χ3v) is 2.50. The van der Waals surface area contributed by atoms with Gasteiger partial charge in [0.1, 0.15) is 0 Å². The van der Waals surface area contributed by atoms with E-state index in [-0.39, 0.29) is 6.04 Å². The minimum Gasteiger partial charge on any atom is -0.624 e. The van der Waals surface area contributed by atoms with Crippen molar-refractivity contribution in [1.82, 2.24) is 0 Å². The zero-order valence-corrected chi connectivity index (χ0v) is 9.45. The number of hydrogen-bond acceptors (Lipinski definition) is 1. The molecule has 0 radical (unpaired) electrons. The maximum Gasteiger partial charge on any atom is 0.268 e. The Labute approximate surface area is 93.1 Å². The fourth-order valence-electron chi connectivity index (χ4n) is 1.59. The van der Waals surface area contributed by atoms with Crippen molar-refractivity contribution in [2.45, 2.75) is 41.9 Å². The monoisotopic (exact) mass is 243 g/mol. The zero-order valence-electron chi connectivity index (χ0n) is 7.18. The molecule has 0 bridgehead atoms. The van der Waals surface area contributed by atoms with E-state index in [1.807, 2.05) is 0 Å². The van der Waals surface area contributed by atoms with Crippen LogP contribution in [-0.2, 0) is 0 Å². The second-order valence-electron chi connectivity index (χ2n) is 3.32. The minimum absolute atomic E-state index is 0.00405. The van der Waals surface area contributed by atoms with Gasteiger partial charge in [0, 0.05) is 12.8 Å². The number of alkyl halides is 3. The lowest BCUT2D eigenvalue weighted by atomic mass is 9.96. The third-order valence-electron chi connectivity index (χ3n) is 2.21. The summed E-state index contributed by atoms with van der Waals surface area (Å²) in [4.78, 5) is 0. The van der Waals surface area contributed by atoms with Gasteiger partial charge in [-0.2, -0.15) is 0 Å². The van der Waals surface area contributed by atoms with Crippen molar-refractivity contribution >= 4 is 41.0 Å². The van der Waals surface area contributed by atoms with Gasteiger partial charge in [-0.05, 0) is 12.8 Å². The van der Waals surface area contributed by atoms with Crippen LogP contribution in [-0.4, -0.2) is 20.8 Å². The summed E-state index contributed by atoms with van der Waals surface area (Å²) in [6.45, 7) is 0. The van der Waals surface area contributed by atoms with Crippen molar-refractivity contribution in [3.63, 3.8) is 0 Å². The highest BCUT2D eigenvalue weighted by Crippen LogP contribution is 2.25. The number of hydrogen-bond donors (Lipinski definition) is 0. The normalized spacial score (nSPS) is 21.9. The Kier molecular flexibility index (Phi) is 4.14. The number of halogens is 3.